The van der Waals surface area contributed by atoms with Crippen molar-refractivity contribution in [2.24, 2.45) is 22.7 Å². The Morgan fingerprint density at radius 2 is 2.04 bits per heavy atom. The molecule has 4 aliphatic rings. The second-order valence-electron chi connectivity index (χ2n) is 9.46. The molecule has 2 heteroatoms. The number of ether oxygens (including phenoxy) is 1. The average molecular weight is 369 g/mol. The predicted molar refractivity (Wildman–Crippen MR) is 112 cm³/mol. The van der Waals surface area contributed by atoms with Gasteiger partial charge >= 0.3 is 5.97 Å². The highest BCUT2D eigenvalue weighted by Gasteiger charge is 2.50. The van der Waals surface area contributed by atoms with Crippen LogP contribution in [-0.4, -0.2) is 12.6 Å². The Kier molecular flexibility index (Phi) is 5.31. The monoisotopic (exact) mass is 368 g/mol. The normalized spacial score (nSPS) is 34.2. The van der Waals surface area contributed by atoms with Crippen LogP contribution >= 0.6 is 0 Å². The zero-order valence-electron chi connectivity index (χ0n) is 16.7. The summed E-state index contributed by atoms with van der Waals surface area (Å²) in [6, 6.07) is 0. The van der Waals surface area contributed by atoms with E-state index >= 15 is 0 Å². The van der Waals surface area contributed by atoms with Gasteiger partial charge in [0.15, 0.2) is 0 Å². The van der Waals surface area contributed by atoms with Gasteiger partial charge in [-0.05, 0) is 67.9 Å². The van der Waals surface area contributed by atoms with E-state index in [-0.39, 0.29) is 30.1 Å². The fourth-order valence-corrected chi connectivity index (χ4v) is 5.54. The van der Waals surface area contributed by atoms with Crippen LogP contribution in [-0.2, 0) is 9.53 Å². The summed E-state index contributed by atoms with van der Waals surface area (Å²) in [7, 11) is 0. The highest BCUT2D eigenvalue weighted by molar-refractivity contribution is 5.80. The average Bonchev–Trinajstić information content (AvgIpc) is 3.00. The summed E-state index contributed by atoms with van der Waals surface area (Å²) in [5.74, 6) is 0.250. The Morgan fingerprint density at radius 1 is 1.26 bits per heavy atom. The van der Waals surface area contributed by atoms with Gasteiger partial charge in [0.1, 0.15) is 0 Å². The van der Waals surface area contributed by atoms with Gasteiger partial charge in [0.2, 0.25) is 0 Å². The third-order valence-corrected chi connectivity index (χ3v) is 7.10. The van der Waals surface area contributed by atoms with Crippen molar-refractivity contribution in [2.45, 2.75) is 73.6 Å². The van der Waals surface area contributed by atoms with Crippen LogP contribution in [0.3, 0.4) is 0 Å². The molecular weight excluding hydrogens is 332 g/mol. The SMILES string of the molecule is C.CC(C)COC(=O)[C@@H]1CC2=CCC=C[C@]2(C)C2=C1C1=CCC[C@@]1(C)CC2. The third kappa shape index (κ3) is 3.15. The first-order chi connectivity index (χ1) is 12.3. The minimum absolute atomic E-state index is 0. The van der Waals surface area contributed by atoms with Gasteiger partial charge in [0, 0.05) is 5.41 Å². The second kappa shape index (κ2) is 7.11. The fraction of sp³-hybridized carbons (Fsp3) is 0.640. The fourth-order valence-electron chi connectivity index (χ4n) is 5.54. The molecule has 4 aliphatic carbocycles. The van der Waals surface area contributed by atoms with Crippen molar-refractivity contribution in [3.8, 4) is 0 Å². The molecule has 0 aromatic rings. The maximum absolute atomic E-state index is 13.1. The molecule has 0 aromatic carbocycles. The molecule has 0 fully saturated rings. The van der Waals surface area contributed by atoms with Gasteiger partial charge in [-0.1, -0.05) is 63.6 Å². The van der Waals surface area contributed by atoms with E-state index in [0.29, 0.717) is 12.5 Å². The molecule has 0 aliphatic heterocycles. The lowest BCUT2D eigenvalue weighted by molar-refractivity contribution is -0.148. The van der Waals surface area contributed by atoms with Crippen molar-refractivity contribution in [3.63, 3.8) is 0 Å². The van der Waals surface area contributed by atoms with Crippen molar-refractivity contribution in [1.82, 2.24) is 0 Å². The highest BCUT2D eigenvalue weighted by Crippen LogP contribution is 2.61. The maximum atomic E-state index is 13.1. The Balaban J connectivity index is 0.00000210. The quantitative estimate of drug-likeness (QED) is 0.417. The molecule has 148 valence electrons. The zero-order chi connectivity index (χ0) is 18.5. The van der Waals surface area contributed by atoms with Gasteiger partial charge < -0.3 is 4.74 Å². The summed E-state index contributed by atoms with van der Waals surface area (Å²) < 4.78 is 5.74. The van der Waals surface area contributed by atoms with E-state index in [9.17, 15) is 4.79 Å². The summed E-state index contributed by atoms with van der Waals surface area (Å²) in [6.07, 6.45) is 16.0. The Labute approximate surface area is 165 Å². The minimum Gasteiger partial charge on any atom is -0.465 e. The Bertz CT molecular complexity index is 748. The van der Waals surface area contributed by atoms with Crippen molar-refractivity contribution in [2.75, 3.05) is 6.61 Å². The minimum atomic E-state index is -0.112. The van der Waals surface area contributed by atoms with Crippen molar-refractivity contribution in [3.05, 3.63) is 46.6 Å². The van der Waals surface area contributed by atoms with E-state index in [0.717, 1.165) is 25.7 Å². The molecule has 0 amide bonds. The summed E-state index contributed by atoms with van der Waals surface area (Å²) in [4.78, 5) is 13.1. The molecule has 3 atom stereocenters. The van der Waals surface area contributed by atoms with Crippen LogP contribution in [0.2, 0.25) is 0 Å². The summed E-state index contributed by atoms with van der Waals surface area (Å²) in [5, 5.41) is 0. The van der Waals surface area contributed by atoms with Crippen LogP contribution in [0.5, 0.6) is 0 Å². The summed E-state index contributed by atoms with van der Waals surface area (Å²) >= 11 is 0. The molecule has 0 heterocycles. The standard InChI is InChI=1S/C24H32O2.CH4/c1-16(2)15-26-22(25)18-14-17-8-5-6-12-24(17,4)20-10-13-23(3)11-7-9-19(23)21(18)20;/h6,8-9,12,16,18H,5,7,10-11,13-15H2,1-4H3;1H4/t18-,23+,24+;/m1./s1. The first kappa shape index (κ1) is 20.2. The van der Waals surface area contributed by atoms with Crippen LogP contribution in [0.15, 0.2) is 46.6 Å². The van der Waals surface area contributed by atoms with E-state index in [1.54, 1.807) is 0 Å². The lowest BCUT2D eigenvalue weighted by Crippen LogP contribution is -2.39. The lowest BCUT2D eigenvalue weighted by Gasteiger charge is -2.49. The molecule has 0 radical (unpaired) electrons. The topological polar surface area (TPSA) is 26.3 Å². The van der Waals surface area contributed by atoms with Crippen LogP contribution in [0.1, 0.15) is 73.6 Å². The molecule has 0 unspecified atom stereocenters. The van der Waals surface area contributed by atoms with Crippen molar-refractivity contribution < 1.29 is 9.53 Å². The molecule has 27 heavy (non-hydrogen) atoms. The van der Waals surface area contributed by atoms with E-state index in [1.807, 2.05) is 0 Å². The predicted octanol–water partition coefficient (Wildman–Crippen LogP) is 6.55. The third-order valence-electron chi connectivity index (χ3n) is 7.10. The number of fused-ring (bicyclic) bond motifs is 4. The molecule has 0 saturated heterocycles. The number of rotatable bonds is 3. The number of allylic oxidation sites excluding steroid dienone is 7. The van der Waals surface area contributed by atoms with E-state index in [1.165, 1.54) is 35.1 Å². The molecule has 0 saturated carbocycles. The van der Waals surface area contributed by atoms with Crippen molar-refractivity contribution in [1.29, 1.82) is 0 Å². The Hall–Kier alpha value is -1.57. The largest absolute Gasteiger partial charge is 0.465 e. The molecule has 0 aromatic heterocycles. The number of hydrogen-bond acceptors (Lipinski definition) is 2. The van der Waals surface area contributed by atoms with E-state index in [2.05, 4.69) is 52.0 Å². The van der Waals surface area contributed by atoms with Gasteiger partial charge in [-0.15, -0.1) is 0 Å². The van der Waals surface area contributed by atoms with Crippen LogP contribution in [0.4, 0.5) is 0 Å². The zero-order valence-corrected chi connectivity index (χ0v) is 16.7. The van der Waals surface area contributed by atoms with E-state index < -0.39 is 0 Å². The molecule has 0 N–H and O–H groups in total. The summed E-state index contributed by atoms with van der Waals surface area (Å²) in [6.45, 7) is 9.47. The smallest absolute Gasteiger partial charge is 0.313 e. The summed E-state index contributed by atoms with van der Waals surface area (Å²) in [5.41, 5.74) is 5.98. The lowest BCUT2D eigenvalue weighted by atomic mass is 9.55. The van der Waals surface area contributed by atoms with Crippen LogP contribution in [0, 0.1) is 22.7 Å². The first-order valence-electron chi connectivity index (χ1n) is 10.3. The van der Waals surface area contributed by atoms with Gasteiger partial charge in [0.05, 0.1) is 12.5 Å². The van der Waals surface area contributed by atoms with Crippen molar-refractivity contribution >= 4 is 5.97 Å². The van der Waals surface area contributed by atoms with Gasteiger partial charge in [-0.2, -0.15) is 0 Å². The Morgan fingerprint density at radius 3 is 2.78 bits per heavy atom. The number of carbonyl (C=O) groups excluding carboxylic acids is 1. The molecule has 0 spiro atoms. The van der Waals surface area contributed by atoms with E-state index in [4.69, 9.17) is 4.74 Å². The molecular formula is C25H36O2. The maximum Gasteiger partial charge on any atom is 0.313 e. The molecule has 2 nitrogen and oxygen atoms in total. The number of hydrogen-bond donors (Lipinski definition) is 0. The van der Waals surface area contributed by atoms with Gasteiger partial charge in [0.25, 0.3) is 0 Å². The number of carbonyl (C=O) groups is 1. The first-order valence-corrected chi connectivity index (χ1v) is 10.3. The molecule has 4 rings (SSSR count). The molecule has 0 bridgehead atoms. The van der Waals surface area contributed by atoms with Gasteiger partial charge in [-0.25, -0.2) is 0 Å². The van der Waals surface area contributed by atoms with Gasteiger partial charge in [-0.3, -0.25) is 4.79 Å². The van der Waals surface area contributed by atoms with Crippen LogP contribution in [0.25, 0.3) is 0 Å². The number of esters is 1. The second-order valence-corrected chi connectivity index (χ2v) is 9.46. The highest BCUT2D eigenvalue weighted by atomic mass is 16.5. The van der Waals surface area contributed by atoms with Crippen LogP contribution < -0.4 is 0 Å².